The summed E-state index contributed by atoms with van der Waals surface area (Å²) in [5.74, 6) is -1.32. The number of rotatable bonds is 81. The quantitative estimate of drug-likeness (QED) is 0.0222. The van der Waals surface area contributed by atoms with E-state index in [4.69, 9.17) is 37.0 Å². The van der Waals surface area contributed by atoms with Gasteiger partial charge in [-0.3, -0.25) is 37.3 Å². The smallest absolute Gasteiger partial charge is 0.462 e. The predicted octanol–water partition coefficient (Wildman–Crippen LogP) is 24.4. The summed E-state index contributed by atoms with van der Waals surface area (Å²) in [6, 6.07) is 0. The third kappa shape index (κ3) is 74.3. The number of ether oxygens (including phenoxy) is 4. The van der Waals surface area contributed by atoms with Crippen LogP contribution in [0, 0.1) is 5.92 Å². The number of carbonyl (C=O) groups is 4. The molecule has 0 aliphatic heterocycles. The Morgan fingerprint density at radius 1 is 0.270 bits per heavy atom. The van der Waals surface area contributed by atoms with E-state index >= 15 is 0 Å². The van der Waals surface area contributed by atoms with Gasteiger partial charge in [0, 0.05) is 25.7 Å². The molecule has 0 saturated carbocycles. The fourth-order valence-corrected chi connectivity index (χ4v) is 14.2. The van der Waals surface area contributed by atoms with Crippen LogP contribution in [0.25, 0.3) is 0 Å². The molecule has 17 nitrogen and oxygen atoms in total. The Bertz CT molecular complexity index is 1910. The first kappa shape index (κ1) is 98.1. The lowest BCUT2D eigenvalue weighted by Crippen LogP contribution is -2.30. The summed E-state index contributed by atoms with van der Waals surface area (Å²) in [5, 5.41) is 10.6. The first-order chi connectivity index (χ1) is 48.5. The van der Waals surface area contributed by atoms with Crippen molar-refractivity contribution in [1.82, 2.24) is 0 Å². The van der Waals surface area contributed by atoms with E-state index in [2.05, 4.69) is 34.6 Å². The molecule has 0 aliphatic rings. The SMILES string of the molecule is CCCCCCCCCCCCCCCCCCCCCC(=O)O[C@H](COC(=O)CCCCCCCCCCCCCCC(C)C)COP(=O)(O)OC[C@@H](O)COP(=O)(O)OC[C@@H](COC(=O)CCCCCCCCCCCCCCC)OC(=O)CCCCCCCCCCCCCCC. The highest BCUT2D eigenvalue weighted by atomic mass is 31.2. The fraction of sp³-hybridized carbons (Fsp3) is 0.951. The highest BCUT2D eigenvalue weighted by molar-refractivity contribution is 7.47. The molecule has 0 bridgehead atoms. The van der Waals surface area contributed by atoms with Gasteiger partial charge >= 0.3 is 39.5 Å². The zero-order valence-corrected chi connectivity index (χ0v) is 67.1. The maximum Gasteiger partial charge on any atom is 0.472 e. The summed E-state index contributed by atoms with van der Waals surface area (Å²) in [6.45, 7) is 7.35. The Morgan fingerprint density at radius 3 is 0.680 bits per heavy atom. The highest BCUT2D eigenvalue weighted by Crippen LogP contribution is 2.45. The molecule has 594 valence electrons. The minimum absolute atomic E-state index is 0.108. The molecular weight excluding hydrogens is 1310 g/mol. The molecular formula is C81H158O17P2. The first-order valence-corrected chi connectivity index (χ1v) is 45.1. The van der Waals surface area contributed by atoms with Gasteiger partial charge in [-0.25, -0.2) is 9.13 Å². The first-order valence-electron chi connectivity index (χ1n) is 42.1. The van der Waals surface area contributed by atoms with Gasteiger partial charge < -0.3 is 33.8 Å². The van der Waals surface area contributed by atoms with Crippen LogP contribution in [0.4, 0.5) is 0 Å². The minimum Gasteiger partial charge on any atom is -0.462 e. The van der Waals surface area contributed by atoms with Crippen LogP contribution in [-0.4, -0.2) is 96.7 Å². The van der Waals surface area contributed by atoms with Crippen molar-refractivity contribution in [3.8, 4) is 0 Å². The van der Waals surface area contributed by atoms with Crippen LogP contribution in [0.15, 0.2) is 0 Å². The number of phosphoric acid groups is 2. The predicted molar refractivity (Wildman–Crippen MR) is 409 cm³/mol. The Kier molecular flexibility index (Phi) is 72.5. The van der Waals surface area contributed by atoms with Gasteiger partial charge in [0.05, 0.1) is 26.4 Å². The van der Waals surface area contributed by atoms with E-state index in [0.29, 0.717) is 25.7 Å². The summed E-state index contributed by atoms with van der Waals surface area (Å²) in [6.07, 6.45) is 65.0. The van der Waals surface area contributed by atoms with Crippen molar-refractivity contribution in [2.24, 2.45) is 5.92 Å². The molecule has 0 saturated heterocycles. The van der Waals surface area contributed by atoms with Crippen molar-refractivity contribution in [3.63, 3.8) is 0 Å². The molecule has 5 atom stereocenters. The van der Waals surface area contributed by atoms with Gasteiger partial charge in [0.2, 0.25) is 0 Å². The molecule has 0 fully saturated rings. The Balaban J connectivity index is 5.25. The van der Waals surface area contributed by atoms with Crippen LogP contribution in [0.5, 0.6) is 0 Å². The van der Waals surface area contributed by atoms with Crippen LogP contribution >= 0.6 is 15.6 Å². The molecule has 0 spiro atoms. The topological polar surface area (TPSA) is 237 Å². The standard InChI is InChI=1S/C81H158O17P2/c1-6-9-12-15-18-21-24-27-28-29-30-31-32-35-42-47-52-57-62-67-81(86)98-77(71-92-79(84)65-60-55-50-45-40-37-36-38-43-48-53-58-63-74(4)5)73-96-100(89,90)94-69-75(82)68-93-99(87,88)95-72-76(97-80(85)66-61-56-51-46-41-34-26-23-20-17-14-11-8-3)70-91-78(83)64-59-54-49-44-39-33-25-22-19-16-13-10-7-2/h74-77,82H,6-73H2,1-5H3,(H,87,88)(H,89,90)/t75-,76+,77+/m0/s1. The van der Waals surface area contributed by atoms with E-state index in [1.165, 1.54) is 257 Å². The third-order valence-corrected chi connectivity index (χ3v) is 20.9. The molecule has 19 heteroatoms. The fourth-order valence-electron chi connectivity index (χ4n) is 12.6. The molecule has 0 aromatic rings. The summed E-state index contributed by atoms with van der Waals surface area (Å²) in [5.41, 5.74) is 0. The monoisotopic (exact) mass is 1470 g/mol. The number of aliphatic hydroxyl groups is 1. The number of hydrogen-bond acceptors (Lipinski definition) is 15. The lowest BCUT2D eigenvalue weighted by molar-refractivity contribution is -0.161. The summed E-state index contributed by atoms with van der Waals surface area (Å²) in [7, 11) is -9.92. The number of esters is 4. The minimum atomic E-state index is -4.96. The molecule has 0 rings (SSSR count). The van der Waals surface area contributed by atoms with Gasteiger partial charge in [0.15, 0.2) is 12.2 Å². The van der Waals surface area contributed by atoms with Crippen molar-refractivity contribution in [2.45, 2.75) is 451 Å². The maximum atomic E-state index is 13.1. The molecule has 2 unspecified atom stereocenters. The number of hydrogen-bond donors (Lipinski definition) is 3. The number of carbonyl (C=O) groups excluding carboxylic acids is 4. The molecule has 100 heavy (non-hydrogen) atoms. The molecule has 0 aromatic carbocycles. The normalized spacial score (nSPS) is 13.8. The summed E-state index contributed by atoms with van der Waals surface area (Å²) in [4.78, 5) is 73.1. The van der Waals surface area contributed by atoms with Crippen molar-refractivity contribution >= 4 is 39.5 Å². The van der Waals surface area contributed by atoms with Crippen molar-refractivity contribution in [2.75, 3.05) is 39.6 Å². The van der Waals surface area contributed by atoms with Crippen LogP contribution < -0.4 is 0 Å². The molecule has 0 heterocycles. The number of phosphoric ester groups is 2. The molecule has 3 N–H and O–H groups in total. The van der Waals surface area contributed by atoms with Crippen molar-refractivity contribution in [1.29, 1.82) is 0 Å². The van der Waals surface area contributed by atoms with Gasteiger partial charge in [-0.05, 0) is 31.6 Å². The van der Waals surface area contributed by atoms with Gasteiger partial charge in [0.1, 0.15) is 19.3 Å². The summed E-state index contributed by atoms with van der Waals surface area (Å²) < 4.78 is 68.8. The van der Waals surface area contributed by atoms with E-state index in [9.17, 15) is 43.2 Å². The molecule has 0 aliphatic carbocycles. The second kappa shape index (κ2) is 73.9. The van der Waals surface area contributed by atoms with E-state index in [1.54, 1.807) is 0 Å². The van der Waals surface area contributed by atoms with Crippen LogP contribution in [-0.2, 0) is 65.4 Å². The second-order valence-corrected chi connectivity index (χ2v) is 32.5. The van der Waals surface area contributed by atoms with Crippen molar-refractivity contribution in [3.05, 3.63) is 0 Å². The zero-order chi connectivity index (χ0) is 73.4. The van der Waals surface area contributed by atoms with Gasteiger partial charge in [0.25, 0.3) is 0 Å². The lowest BCUT2D eigenvalue weighted by atomic mass is 10.0. The average Bonchev–Trinajstić information content (AvgIpc) is 0.945. The molecule has 0 amide bonds. The van der Waals surface area contributed by atoms with Gasteiger partial charge in [-0.1, -0.05) is 381 Å². The van der Waals surface area contributed by atoms with E-state index in [1.807, 2.05) is 0 Å². The second-order valence-electron chi connectivity index (χ2n) is 29.6. The van der Waals surface area contributed by atoms with Crippen molar-refractivity contribution < 1.29 is 80.2 Å². The molecule has 0 aromatic heterocycles. The third-order valence-electron chi connectivity index (χ3n) is 19.0. The largest absolute Gasteiger partial charge is 0.472 e. The Labute approximate surface area is 613 Å². The Hall–Kier alpha value is -1.94. The lowest BCUT2D eigenvalue weighted by Gasteiger charge is -2.21. The number of unbranched alkanes of at least 4 members (excludes halogenated alkanes) is 53. The molecule has 0 radical (unpaired) electrons. The Morgan fingerprint density at radius 2 is 0.460 bits per heavy atom. The zero-order valence-electron chi connectivity index (χ0n) is 65.3. The van der Waals surface area contributed by atoms with Crippen LogP contribution in [0.3, 0.4) is 0 Å². The maximum absolute atomic E-state index is 13.1. The van der Waals surface area contributed by atoms with Gasteiger partial charge in [-0.2, -0.15) is 0 Å². The van der Waals surface area contributed by atoms with Crippen LogP contribution in [0.2, 0.25) is 0 Å². The van der Waals surface area contributed by atoms with Gasteiger partial charge in [-0.15, -0.1) is 0 Å². The van der Waals surface area contributed by atoms with E-state index in [0.717, 1.165) is 95.8 Å². The van der Waals surface area contributed by atoms with Crippen LogP contribution in [0.1, 0.15) is 433 Å². The summed E-state index contributed by atoms with van der Waals surface area (Å²) >= 11 is 0. The van der Waals surface area contributed by atoms with E-state index in [-0.39, 0.29) is 25.7 Å². The number of aliphatic hydroxyl groups excluding tert-OH is 1. The van der Waals surface area contributed by atoms with E-state index < -0.39 is 97.5 Å². The average molecular weight is 1470 g/mol. The highest BCUT2D eigenvalue weighted by Gasteiger charge is 2.30.